The molecule has 0 amide bonds. The van der Waals surface area contributed by atoms with Crippen molar-refractivity contribution in [2.24, 2.45) is 4.99 Å². The molecule has 1 unspecified atom stereocenters. The van der Waals surface area contributed by atoms with Crippen LogP contribution in [-0.2, 0) is 14.8 Å². The van der Waals surface area contributed by atoms with Crippen LogP contribution in [0.3, 0.4) is 0 Å². The van der Waals surface area contributed by atoms with Gasteiger partial charge in [0.05, 0.1) is 18.4 Å². The van der Waals surface area contributed by atoms with Crippen LogP contribution in [0.4, 0.5) is 0 Å². The van der Waals surface area contributed by atoms with Gasteiger partial charge in [0.15, 0.2) is 5.96 Å². The van der Waals surface area contributed by atoms with Crippen LogP contribution >= 0.6 is 24.0 Å². The Hall–Kier alpha value is -0.130. The molecule has 126 valence electrons. The number of nitrogens with zero attached hydrogens (tertiary/aromatic N) is 1. The lowest BCUT2D eigenvalue weighted by Crippen LogP contribution is -2.42. The first-order chi connectivity index (χ1) is 9.57. The number of hydrogen-bond donors (Lipinski definition) is 3. The van der Waals surface area contributed by atoms with Crippen LogP contribution in [0.1, 0.15) is 26.7 Å². The Balaban J connectivity index is 0.00000400. The molecule has 0 aliphatic carbocycles. The molecule has 0 saturated carbocycles. The van der Waals surface area contributed by atoms with E-state index in [0.29, 0.717) is 25.6 Å². The van der Waals surface area contributed by atoms with Gasteiger partial charge in [0.2, 0.25) is 10.0 Å². The zero-order valence-electron chi connectivity index (χ0n) is 12.7. The number of guanidine groups is 1. The average molecular weight is 434 g/mol. The van der Waals surface area contributed by atoms with Crippen molar-refractivity contribution in [1.82, 2.24) is 15.4 Å². The van der Waals surface area contributed by atoms with Crippen molar-refractivity contribution in [3.63, 3.8) is 0 Å². The third-order valence-corrected chi connectivity index (χ3v) is 4.34. The van der Waals surface area contributed by atoms with E-state index in [-0.39, 0.29) is 35.8 Å². The molecule has 0 aromatic heterocycles. The Kier molecular flexibility index (Phi) is 11.4. The van der Waals surface area contributed by atoms with E-state index in [1.165, 1.54) is 0 Å². The molecule has 1 rings (SSSR count). The molecule has 0 radical (unpaired) electrons. The van der Waals surface area contributed by atoms with Gasteiger partial charge in [0, 0.05) is 26.2 Å². The van der Waals surface area contributed by atoms with Crippen molar-refractivity contribution in [1.29, 1.82) is 0 Å². The van der Waals surface area contributed by atoms with Gasteiger partial charge < -0.3 is 15.4 Å². The van der Waals surface area contributed by atoms with E-state index in [1.807, 2.05) is 6.92 Å². The summed E-state index contributed by atoms with van der Waals surface area (Å²) in [6.07, 6.45) is 2.37. The van der Waals surface area contributed by atoms with Crippen LogP contribution in [0.15, 0.2) is 4.99 Å². The minimum absolute atomic E-state index is 0. The number of aliphatic imine (C=N–C) groups is 1. The third kappa shape index (κ3) is 9.48. The molecule has 1 atom stereocenters. The Morgan fingerprint density at radius 2 is 2.05 bits per heavy atom. The van der Waals surface area contributed by atoms with Gasteiger partial charge in [-0.15, -0.1) is 24.0 Å². The van der Waals surface area contributed by atoms with E-state index in [9.17, 15) is 8.42 Å². The SMILES string of the molecule is CCNC(=NCC1CCCO1)NCCNS(=O)(=O)CC.I. The normalized spacial score (nSPS) is 19.1. The van der Waals surface area contributed by atoms with Crippen molar-refractivity contribution in [3.05, 3.63) is 0 Å². The first-order valence-electron chi connectivity index (χ1n) is 7.18. The fourth-order valence-corrected chi connectivity index (χ4v) is 2.43. The predicted octanol–water partition coefficient (Wildman–Crippen LogP) is 0.278. The largest absolute Gasteiger partial charge is 0.376 e. The number of nitrogens with one attached hydrogen (secondary N) is 3. The summed E-state index contributed by atoms with van der Waals surface area (Å²) in [5.41, 5.74) is 0. The van der Waals surface area contributed by atoms with Crippen LogP contribution in [-0.4, -0.2) is 59.0 Å². The van der Waals surface area contributed by atoms with Gasteiger partial charge in [0.1, 0.15) is 0 Å². The highest BCUT2D eigenvalue weighted by atomic mass is 127. The minimum atomic E-state index is -3.13. The van der Waals surface area contributed by atoms with Gasteiger partial charge in [-0.05, 0) is 26.7 Å². The predicted molar refractivity (Wildman–Crippen MR) is 95.8 cm³/mol. The van der Waals surface area contributed by atoms with Gasteiger partial charge in [0.25, 0.3) is 0 Å². The number of rotatable bonds is 8. The second kappa shape index (κ2) is 11.4. The fourth-order valence-electron chi connectivity index (χ4n) is 1.81. The summed E-state index contributed by atoms with van der Waals surface area (Å²) in [5.74, 6) is 0.791. The quantitative estimate of drug-likeness (QED) is 0.221. The summed E-state index contributed by atoms with van der Waals surface area (Å²) in [4.78, 5) is 4.44. The van der Waals surface area contributed by atoms with Crippen LogP contribution < -0.4 is 15.4 Å². The highest BCUT2D eigenvalue weighted by Gasteiger charge is 2.14. The molecular weight excluding hydrogens is 407 g/mol. The van der Waals surface area contributed by atoms with E-state index < -0.39 is 10.0 Å². The molecule has 21 heavy (non-hydrogen) atoms. The van der Waals surface area contributed by atoms with Crippen molar-refractivity contribution >= 4 is 40.0 Å². The zero-order chi connectivity index (χ0) is 14.8. The lowest BCUT2D eigenvalue weighted by atomic mass is 10.2. The first-order valence-corrected chi connectivity index (χ1v) is 8.83. The minimum Gasteiger partial charge on any atom is -0.376 e. The van der Waals surface area contributed by atoms with Gasteiger partial charge in [-0.25, -0.2) is 13.1 Å². The fraction of sp³-hybridized carbons (Fsp3) is 0.917. The number of ether oxygens (including phenoxy) is 1. The Morgan fingerprint density at radius 3 is 2.62 bits per heavy atom. The van der Waals surface area contributed by atoms with E-state index >= 15 is 0 Å². The second-order valence-corrected chi connectivity index (χ2v) is 6.67. The standard InChI is InChI=1S/C12H26N4O3S.HI/c1-3-13-12(15-10-11-6-5-9-19-11)14-7-8-16-20(17,18)4-2;/h11,16H,3-10H2,1-2H3,(H2,13,14,15);1H. The molecule has 1 aliphatic rings. The van der Waals surface area contributed by atoms with Crippen LogP contribution in [0.5, 0.6) is 0 Å². The molecule has 1 heterocycles. The monoisotopic (exact) mass is 434 g/mol. The molecular formula is C12H27IN4O3S. The lowest BCUT2D eigenvalue weighted by Gasteiger charge is -2.13. The summed E-state index contributed by atoms with van der Waals surface area (Å²) < 4.78 is 30.6. The molecule has 7 nitrogen and oxygen atoms in total. The van der Waals surface area contributed by atoms with Crippen molar-refractivity contribution < 1.29 is 13.2 Å². The van der Waals surface area contributed by atoms with E-state index in [0.717, 1.165) is 26.0 Å². The smallest absolute Gasteiger partial charge is 0.211 e. The van der Waals surface area contributed by atoms with Crippen molar-refractivity contribution in [3.8, 4) is 0 Å². The average Bonchev–Trinajstić information content (AvgIpc) is 2.94. The van der Waals surface area contributed by atoms with Crippen molar-refractivity contribution in [2.75, 3.05) is 38.5 Å². The summed E-state index contributed by atoms with van der Waals surface area (Å²) in [6.45, 7) is 6.67. The van der Waals surface area contributed by atoms with Crippen LogP contribution in [0.2, 0.25) is 0 Å². The summed E-state index contributed by atoms with van der Waals surface area (Å²) in [7, 11) is -3.13. The topological polar surface area (TPSA) is 91.8 Å². The molecule has 0 bridgehead atoms. The Morgan fingerprint density at radius 1 is 1.29 bits per heavy atom. The number of hydrogen-bond acceptors (Lipinski definition) is 4. The maximum absolute atomic E-state index is 11.3. The molecule has 1 saturated heterocycles. The maximum Gasteiger partial charge on any atom is 0.211 e. The maximum atomic E-state index is 11.3. The third-order valence-electron chi connectivity index (χ3n) is 2.94. The first kappa shape index (κ1) is 20.9. The number of sulfonamides is 1. The molecule has 0 aromatic rings. The zero-order valence-corrected chi connectivity index (χ0v) is 15.9. The van der Waals surface area contributed by atoms with E-state index in [1.54, 1.807) is 6.92 Å². The number of halogens is 1. The van der Waals surface area contributed by atoms with Gasteiger partial charge in [-0.1, -0.05) is 0 Å². The molecule has 1 fully saturated rings. The molecule has 9 heteroatoms. The summed E-state index contributed by atoms with van der Waals surface area (Å²) in [5, 5.41) is 6.22. The molecule has 3 N–H and O–H groups in total. The highest BCUT2D eigenvalue weighted by Crippen LogP contribution is 2.11. The van der Waals surface area contributed by atoms with Crippen LogP contribution in [0.25, 0.3) is 0 Å². The molecule has 1 aliphatic heterocycles. The Labute approximate surface area is 144 Å². The lowest BCUT2D eigenvalue weighted by molar-refractivity contribution is 0.117. The van der Waals surface area contributed by atoms with Gasteiger partial charge in [-0.3, -0.25) is 4.99 Å². The van der Waals surface area contributed by atoms with E-state index in [2.05, 4.69) is 20.3 Å². The Bertz CT molecular complexity index is 397. The highest BCUT2D eigenvalue weighted by molar-refractivity contribution is 14.0. The summed E-state index contributed by atoms with van der Waals surface area (Å²) >= 11 is 0. The van der Waals surface area contributed by atoms with E-state index in [4.69, 9.17) is 4.74 Å². The summed E-state index contributed by atoms with van der Waals surface area (Å²) in [6, 6.07) is 0. The molecule has 0 spiro atoms. The second-order valence-electron chi connectivity index (χ2n) is 4.58. The van der Waals surface area contributed by atoms with Crippen molar-refractivity contribution in [2.45, 2.75) is 32.8 Å². The van der Waals surface area contributed by atoms with Gasteiger partial charge in [-0.2, -0.15) is 0 Å². The molecule has 0 aromatic carbocycles. The van der Waals surface area contributed by atoms with Gasteiger partial charge >= 0.3 is 0 Å². The van der Waals surface area contributed by atoms with Crippen LogP contribution in [0, 0.1) is 0 Å².